The predicted octanol–water partition coefficient (Wildman–Crippen LogP) is 4.42. The summed E-state index contributed by atoms with van der Waals surface area (Å²) in [7, 11) is 0. The van der Waals surface area contributed by atoms with Crippen molar-refractivity contribution in [2.45, 2.75) is 83.3 Å². The van der Waals surface area contributed by atoms with Gasteiger partial charge in [-0.2, -0.15) is 0 Å². The van der Waals surface area contributed by atoms with Crippen LogP contribution in [0.1, 0.15) is 87.9 Å². The van der Waals surface area contributed by atoms with Gasteiger partial charge in [0, 0.05) is 12.1 Å². The van der Waals surface area contributed by atoms with E-state index in [1.807, 2.05) is 18.2 Å². The number of carbonyl (C=O) groups is 1. The summed E-state index contributed by atoms with van der Waals surface area (Å²) in [5.74, 6) is -0.0888. The average molecular weight is 363 g/mol. The summed E-state index contributed by atoms with van der Waals surface area (Å²) in [6, 6.07) is 9.05. The molecule has 4 heteroatoms. The number of hydrogen-bond donors (Lipinski definition) is 3. The molecule has 0 radical (unpaired) electrons. The Balaban J connectivity index is 2.12. The van der Waals surface area contributed by atoms with Crippen LogP contribution in [0.4, 0.5) is 0 Å². The van der Waals surface area contributed by atoms with Crippen molar-refractivity contribution < 1.29 is 9.90 Å². The van der Waals surface area contributed by atoms with E-state index in [1.165, 1.54) is 51.4 Å². The first-order valence-corrected chi connectivity index (χ1v) is 10.4. The van der Waals surface area contributed by atoms with Crippen LogP contribution in [0.3, 0.4) is 0 Å². The molecular formula is C22H38N2O2. The fourth-order valence-corrected chi connectivity index (χ4v) is 3.13. The molecule has 1 rings (SSSR count). The molecule has 0 aliphatic carbocycles. The molecule has 1 unspecified atom stereocenters. The van der Waals surface area contributed by atoms with Crippen LogP contribution < -0.4 is 11.1 Å². The van der Waals surface area contributed by atoms with Gasteiger partial charge >= 0.3 is 0 Å². The summed E-state index contributed by atoms with van der Waals surface area (Å²) in [5.41, 5.74) is 5.00. The quantitative estimate of drug-likeness (QED) is 0.231. The monoisotopic (exact) mass is 362 g/mol. The van der Waals surface area contributed by atoms with Gasteiger partial charge in [0.15, 0.2) is 5.78 Å². The molecule has 0 saturated carbocycles. The number of Topliss-reactive ketones (excluding diaryl/α,β-unsaturated/α-hetero) is 1. The summed E-state index contributed by atoms with van der Waals surface area (Å²) in [6.07, 6.45) is 12.8. The first-order chi connectivity index (χ1) is 12.6. The highest BCUT2D eigenvalue weighted by Crippen LogP contribution is 2.13. The van der Waals surface area contributed by atoms with Gasteiger partial charge in [0.2, 0.25) is 0 Å². The number of hydrogen-bond acceptors (Lipinski definition) is 4. The standard InChI is InChI=1S/C22H38N2O2/c1-2-3-4-5-6-7-8-9-10-14-17-24-22(26,19-23)18-21(25)20-15-12-11-13-16-20/h11-13,15-16,24,26H,2-10,14,17-19,23H2,1H3. The van der Waals surface area contributed by atoms with E-state index in [-0.39, 0.29) is 18.7 Å². The van der Waals surface area contributed by atoms with E-state index < -0.39 is 5.72 Å². The molecule has 4 N–H and O–H groups in total. The third kappa shape index (κ3) is 10.0. The number of nitrogens with two attached hydrogens (primary N) is 1. The molecule has 0 saturated heterocycles. The van der Waals surface area contributed by atoms with Gasteiger partial charge in [-0.05, 0) is 13.0 Å². The highest BCUT2D eigenvalue weighted by molar-refractivity contribution is 5.96. The van der Waals surface area contributed by atoms with Crippen LogP contribution >= 0.6 is 0 Å². The van der Waals surface area contributed by atoms with Gasteiger partial charge in [-0.25, -0.2) is 0 Å². The van der Waals surface area contributed by atoms with Crippen LogP contribution in [0.25, 0.3) is 0 Å². The Morgan fingerprint density at radius 3 is 2.04 bits per heavy atom. The molecule has 0 heterocycles. The second kappa shape index (κ2) is 13.9. The molecule has 0 aromatic heterocycles. The van der Waals surface area contributed by atoms with E-state index >= 15 is 0 Å². The van der Waals surface area contributed by atoms with Crippen molar-refractivity contribution in [2.75, 3.05) is 13.1 Å². The molecule has 4 nitrogen and oxygen atoms in total. The maximum Gasteiger partial charge on any atom is 0.167 e. The third-order valence-corrected chi connectivity index (χ3v) is 4.87. The fraction of sp³-hybridized carbons (Fsp3) is 0.682. The van der Waals surface area contributed by atoms with E-state index in [1.54, 1.807) is 12.1 Å². The zero-order chi connectivity index (χ0) is 19.1. The number of aliphatic hydroxyl groups is 1. The van der Waals surface area contributed by atoms with E-state index in [2.05, 4.69) is 12.2 Å². The zero-order valence-corrected chi connectivity index (χ0v) is 16.5. The molecule has 26 heavy (non-hydrogen) atoms. The minimum absolute atomic E-state index is 0.00523. The van der Waals surface area contributed by atoms with Crippen LogP contribution in [0.2, 0.25) is 0 Å². The predicted molar refractivity (Wildman–Crippen MR) is 109 cm³/mol. The summed E-state index contributed by atoms with van der Waals surface area (Å²) in [4.78, 5) is 12.3. The van der Waals surface area contributed by atoms with Crippen molar-refractivity contribution in [3.63, 3.8) is 0 Å². The van der Waals surface area contributed by atoms with Gasteiger partial charge in [-0.1, -0.05) is 95.0 Å². The molecule has 0 bridgehead atoms. The first-order valence-electron chi connectivity index (χ1n) is 10.4. The molecule has 0 aliphatic rings. The van der Waals surface area contributed by atoms with Gasteiger partial charge in [-0.3, -0.25) is 10.1 Å². The number of carbonyl (C=O) groups excluding carboxylic acids is 1. The van der Waals surface area contributed by atoms with Crippen LogP contribution in [0.5, 0.6) is 0 Å². The number of rotatable bonds is 16. The van der Waals surface area contributed by atoms with Crippen molar-refractivity contribution >= 4 is 5.78 Å². The van der Waals surface area contributed by atoms with Gasteiger partial charge < -0.3 is 10.8 Å². The highest BCUT2D eigenvalue weighted by atomic mass is 16.3. The van der Waals surface area contributed by atoms with Crippen LogP contribution in [-0.2, 0) is 0 Å². The van der Waals surface area contributed by atoms with Gasteiger partial charge in [0.05, 0.1) is 6.42 Å². The molecule has 1 aromatic carbocycles. The maximum atomic E-state index is 12.3. The molecule has 0 fully saturated rings. The molecule has 148 valence electrons. The number of unbranched alkanes of at least 4 members (excludes halogenated alkanes) is 9. The molecule has 0 spiro atoms. The lowest BCUT2D eigenvalue weighted by Crippen LogP contribution is -2.52. The normalized spacial score (nSPS) is 13.5. The van der Waals surface area contributed by atoms with Crippen LogP contribution in [0.15, 0.2) is 30.3 Å². The smallest absolute Gasteiger partial charge is 0.167 e. The summed E-state index contributed by atoms with van der Waals surface area (Å²) < 4.78 is 0. The minimum Gasteiger partial charge on any atom is -0.374 e. The Morgan fingerprint density at radius 2 is 1.50 bits per heavy atom. The first kappa shape index (κ1) is 22.8. The van der Waals surface area contributed by atoms with Gasteiger partial charge in [0.25, 0.3) is 0 Å². The topological polar surface area (TPSA) is 75.3 Å². The fourth-order valence-electron chi connectivity index (χ4n) is 3.13. The Morgan fingerprint density at radius 1 is 0.962 bits per heavy atom. The summed E-state index contributed by atoms with van der Waals surface area (Å²) in [6.45, 7) is 2.97. The van der Waals surface area contributed by atoms with Crippen molar-refractivity contribution in [1.82, 2.24) is 5.32 Å². The van der Waals surface area contributed by atoms with E-state index in [9.17, 15) is 9.90 Å². The zero-order valence-electron chi connectivity index (χ0n) is 16.5. The lowest BCUT2D eigenvalue weighted by atomic mass is 10.0. The Hall–Kier alpha value is -1.23. The van der Waals surface area contributed by atoms with Crippen molar-refractivity contribution in [2.24, 2.45) is 5.73 Å². The van der Waals surface area contributed by atoms with Crippen molar-refractivity contribution in [3.8, 4) is 0 Å². The van der Waals surface area contributed by atoms with Gasteiger partial charge in [-0.15, -0.1) is 0 Å². The number of nitrogens with one attached hydrogen (secondary N) is 1. The van der Waals surface area contributed by atoms with E-state index in [4.69, 9.17) is 5.73 Å². The lowest BCUT2D eigenvalue weighted by Gasteiger charge is -2.27. The van der Waals surface area contributed by atoms with E-state index in [0.717, 1.165) is 12.8 Å². The Labute approximate surface area is 159 Å². The summed E-state index contributed by atoms with van der Waals surface area (Å²) in [5, 5.41) is 13.6. The van der Waals surface area contributed by atoms with Crippen molar-refractivity contribution in [1.29, 1.82) is 0 Å². The van der Waals surface area contributed by atoms with Crippen LogP contribution in [-0.4, -0.2) is 29.7 Å². The van der Waals surface area contributed by atoms with Crippen molar-refractivity contribution in [3.05, 3.63) is 35.9 Å². The van der Waals surface area contributed by atoms with Gasteiger partial charge in [0.1, 0.15) is 5.72 Å². The Bertz CT molecular complexity index is 478. The second-order valence-corrected chi connectivity index (χ2v) is 7.31. The second-order valence-electron chi connectivity index (χ2n) is 7.31. The van der Waals surface area contributed by atoms with E-state index in [0.29, 0.717) is 12.1 Å². The number of benzene rings is 1. The lowest BCUT2D eigenvalue weighted by molar-refractivity contribution is 0.00881. The molecule has 0 amide bonds. The number of ketones is 1. The SMILES string of the molecule is CCCCCCCCCCCCNC(O)(CN)CC(=O)c1ccccc1. The molecular weight excluding hydrogens is 324 g/mol. The highest BCUT2D eigenvalue weighted by Gasteiger charge is 2.28. The molecule has 1 aromatic rings. The molecule has 0 aliphatic heterocycles. The third-order valence-electron chi connectivity index (χ3n) is 4.87. The largest absolute Gasteiger partial charge is 0.374 e. The minimum atomic E-state index is -1.31. The molecule has 1 atom stereocenters. The maximum absolute atomic E-state index is 12.3. The Kier molecular flexibility index (Phi) is 12.2. The van der Waals surface area contributed by atoms with Crippen LogP contribution in [0, 0.1) is 0 Å². The summed E-state index contributed by atoms with van der Waals surface area (Å²) >= 11 is 0. The average Bonchev–Trinajstić information content (AvgIpc) is 2.66.